The van der Waals surface area contributed by atoms with Gasteiger partial charge in [0.1, 0.15) is 0 Å². The van der Waals surface area contributed by atoms with E-state index in [0.29, 0.717) is 22.9 Å². The number of fused-ring (bicyclic) bond motifs is 1. The first-order valence-corrected chi connectivity index (χ1v) is 9.58. The third-order valence-electron chi connectivity index (χ3n) is 4.81. The molecule has 28 heavy (non-hydrogen) atoms. The number of halogens is 2. The Balaban J connectivity index is 1.53. The van der Waals surface area contributed by atoms with Gasteiger partial charge in [0, 0.05) is 17.3 Å². The second-order valence-corrected chi connectivity index (χ2v) is 7.54. The quantitative estimate of drug-likeness (QED) is 0.760. The zero-order chi connectivity index (χ0) is 19.8. The minimum absolute atomic E-state index is 0.117. The molecule has 2 aliphatic rings. The topological polar surface area (TPSA) is 75.7 Å². The molecule has 8 heteroatoms. The zero-order valence-electron chi connectivity index (χ0n) is 14.7. The van der Waals surface area contributed by atoms with Crippen molar-refractivity contribution in [2.75, 3.05) is 18.5 Å². The number of anilines is 1. The normalized spacial score (nSPS) is 18.5. The van der Waals surface area contributed by atoms with Crippen LogP contribution in [-0.4, -0.2) is 41.9 Å². The molecular formula is C20H16Cl2N2O4. The van der Waals surface area contributed by atoms with Gasteiger partial charge in [-0.1, -0.05) is 23.2 Å². The van der Waals surface area contributed by atoms with Crippen molar-refractivity contribution in [2.24, 2.45) is 0 Å². The number of ether oxygens (including phenoxy) is 1. The highest BCUT2D eigenvalue weighted by Gasteiger charge is 2.37. The van der Waals surface area contributed by atoms with Gasteiger partial charge in [0.05, 0.1) is 34.4 Å². The predicted octanol–water partition coefficient (Wildman–Crippen LogP) is 4.02. The molecule has 2 aliphatic heterocycles. The van der Waals surface area contributed by atoms with E-state index in [1.807, 2.05) is 0 Å². The Morgan fingerprint density at radius 1 is 1.11 bits per heavy atom. The van der Waals surface area contributed by atoms with Gasteiger partial charge in [0.2, 0.25) is 0 Å². The third-order valence-corrected chi connectivity index (χ3v) is 5.36. The number of hydrogen-bond donors (Lipinski definition) is 1. The fraction of sp³-hybridized carbons (Fsp3) is 0.250. The molecule has 0 aliphatic carbocycles. The van der Waals surface area contributed by atoms with Gasteiger partial charge < -0.3 is 10.1 Å². The van der Waals surface area contributed by atoms with E-state index >= 15 is 0 Å². The smallest absolute Gasteiger partial charge is 0.261 e. The van der Waals surface area contributed by atoms with Crippen molar-refractivity contribution in [2.45, 2.75) is 18.9 Å². The van der Waals surface area contributed by atoms with E-state index in [-0.39, 0.29) is 40.6 Å². The second kappa shape index (κ2) is 7.54. The molecule has 2 aromatic rings. The fourth-order valence-electron chi connectivity index (χ4n) is 3.40. The summed E-state index contributed by atoms with van der Waals surface area (Å²) in [5, 5.41) is 3.35. The number of imide groups is 1. The molecule has 1 unspecified atom stereocenters. The van der Waals surface area contributed by atoms with Crippen LogP contribution in [0, 0.1) is 0 Å². The highest BCUT2D eigenvalue weighted by atomic mass is 35.5. The van der Waals surface area contributed by atoms with Crippen molar-refractivity contribution in [3.63, 3.8) is 0 Å². The molecule has 0 aromatic heterocycles. The van der Waals surface area contributed by atoms with Gasteiger partial charge in [-0.3, -0.25) is 19.3 Å². The number of carbonyl (C=O) groups excluding carboxylic acids is 3. The first kappa shape index (κ1) is 18.9. The monoisotopic (exact) mass is 418 g/mol. The average molecular weight is 419 g/mol. The summed E-state index contributed by atoms with van der Waals surface area (Å²) in [6.07, 6.45) is 1.64. The molecule has 1 saturated heterocycles. The van der Waals surface area contributed by atoms with E-state index in [2.05, 4.69) is 5.32 Å². The number of hydrogen-bond acceptors (Lipinski definition) is 4. The lowest BCUT2D eigenvalue weighted by Crippen LogP contribution is -2.36. The minimum atomic E-state index is -0.436. The molecule has 144 valence electrons. The van der Waals surface area contributed by atoms with E-state index in [1.54, 1.807) is 18.2 Å². The Morgan fingerprint density at radius 2 is 1.89 bits per heavy atom. The molecule has 0 saturated carbocycles. The van der Waals surface area contributed by atoms with Crippen LogP contribution >= 0.6 is 23.2 Å². The molecule has 6 nitrogen and oxygen atoms in total. The lowest BCUT2D eigenvalue weighted by molar-refractivity contribution is 0.0475. The van der Waals surface area contributed by atoms with Gasteiger partial charge in [-0.25, -0.2) is 0 Å². The fourth-order valence-corrected chi connectivity index (χ4v) is 3.89. The van der Waals surface area contributed by atoms with Crippen LogP contribution in [-0.2, 0) is 4.74 Å². The van der Waals surface area contributed by atoms with Crippen LogP contribution in [0.5, 0.6) is 0 Å². The SMILES string of the molecule is O=C(Nc1ccc2c(c1)C(=O)N(CC1CCCO1)C2=O)c1ccc(Cl)cc1Cl. The predicted molar refractivity (Wildman–Crippen MR) is 105 cm³/mol. The molecule has 0 spiro atoms. The van der Waals surface area contributed by atoms with Crippen LogP contribution < -0.4 is 5.32 Å². The lowest BCUT2D eigenvalue weighted by Gasteiger charge is -2.17. The number of amides is 3. The summed E-state index contributed by atoms with van der Waals surface area (Å²) in [4.78, 5) is 38.9. The Labute approximate surface area is 171 Å². The molecule has 2 aromatic carbocycles. The summed E-state index contributed by atoms with van der Waals surface area (Å²) < 4.78 is 5.53. The van der Waals surface area contributed by atoms with Crippen molar-refractivity contribution in [1.82, 2.24) is 4.90 Å². The number of carbonyl (C=O) groups is 3. The van der Waals surface area contributed by atoms with Crippen LogP contribution in [0.15, 0.2) is 36.4 Å². The summed E-state index contributed by atoms with van der Waals surface area (Å²) >= 11 is 11.9. The summed E-state index contributed by atoms with van der Waals surface area (Å²) in [6.45, 7) is 0.895. The van der Waals surface area contributed by atoms with Crippen LogP contribution in [0.1, 0.15) is 43.9 Å². The van der Waals surface area contributed by atoms with Crippen molar-refractivity contribution in [1.29, 1.82) is 0 Å². The number of benzene rings is 2. The van der Waals surface area contributed by atoms with Gasteiger partial charge in [-0.15, -0.1) is 0 Å². The van der Waals surface area contributed by atoms with Gasteiger partial charge in [-0.05, 0) is 49.2 Å². The first-order chi connectivity index (χ1) is 13.4. The molecule has 3 amide bonds. The summed E-state index contributed by atoms with van der Waals surface area (Å²) in [5.41, 5.74) is 1.25. The van der Waals surface area contributed by atoms with E-state index < -0.39 is 5.91 Å². The molecule has 2 heterocycles. The number of rotatable bonds is 4. The lowest BCUT2D eigenvalue weighted by atomic mass is 10.1. The first-order valence-electron chi connectivity index (χ1n) is 8.82. The van der Waals surface area contributed by atoms with E-state index in [1.165, 1.54) is 23.1 Å². The van der Waals surface area contributed by atoms with E-state index in [4.69, 9.17) is 27.9 Å². The largest absolute Gasteiger partial charge is 0.376 e. The van der Waals surface area contributed by atoms with Crippen molar-refractivity contribution in [3.05, 3.63) is 63.1 Å². The maximum atomic E-state index is 12.7. The Morgan fingerprint density at radius 3 is 2.61 bits per heavy atom. The van der Waals surface area contributed by atoms with Crippen LogP contribution in [0.4, 0.5) is 5.69 Å². The van der Waals surface area contributed by atoms with Crippen LogP contribution in [0.25, 0.3) is 0 Å². The third kappa shape index (κ3) is 3.51. The van der Waals surface area contributed by atoms with E-state index in [9.17, 15) is 14.4 Å². The maximum absolute atomic E-state index is 12.7. The van der Waals surface area contributed by atoms with Crippen molar-refractivity contribution >= 4 is 46.6 Å². The Kier molecular flexibility index (Phi) is 5.10. The average Bonchev–Trinajstić information content (AvgIpc) is 3.25. The molecule has 1 fully saturated rings. The molecule has 1 atom stereocenters. The molecule has 0 bridgehead atoms. The number of nitrogens with one attached hydrogen (secondary N) is 1. The highest BCUT2D eigenvalue weighted by molar-refractivity contribution is 6.37. The van der Waals surface area contributed by atoms with Gasteiger partial charge in [0.15, 0.2) is 0 Å². The minimum Gasteiger partial charge on any atom is -0.376 e. The molecule has 0 radical (unpaired) electrons. The van der Waals surface area contributed by atoms with Crippen molar-refractivity contribution in [3.8, 4) is 0 Å². The van der Waals surface area contributed by atoms with Gasteiger partial charge in [0.25, 0.3) is 17.7 Å². The Bertz CT molecular complexity index is 986. The standard InChI is InChI=1S/C20H16Cl2N2O4/c21-11-3-5-15(17(22)8-11)18(25)23-12-4-6-14-16(9-12)20(27)24(19(14)26)10-13-2-1-7-28-13/h3-6,8-9,13H,1-2,7,10H2,(H,23,25). The maximum Gasteiger partial charge on any atom is 0.261 e. The second-order valence-electron chi connectivity index (χ2n) is 6.69. The van der Waals surface area contributed by atoms with E-state index in [0.717, 1.165) is 12.8 Å². The molecule has 1 N–H and O–H groups in total. The number of nitrogens with zero attached hydrogens (tertiary/aromatic N) is 1. The summed E-state index contributed by atoms with van der Waals surface area (Å²) in [6, 6.07) is 9.20. The summed E-state index contributed by atoms with van der Waals surface area (Å²) in [5.74, 6) is -1.15. The molecular weight excluding hydrogens is 403 g/mol. The highest BCUT2D eigenvalue weighted by Crippen LogP contribution is 2.28. The zero-order valence-corrected chi connectivity index (χ0v) is 16.2. The van der Waals surface area contributed by atoms with Crippen molar-refractivity contribution < 1.29 is 19.1 Å². The van der Waals surface area contributed by atoms with Crippen LogP contribution in [0.2, 0.25) is 10.0 Å². The molecule has 4 rings (SSSR count). The van der Waals surface area contributed by atoms with Gasteiger partial charge in [-0.2, -0.15) is 0 Å². The van der Waals surface area contributed by atoms with Crippen LogP contribution in [0.3, 0.4) is 0 Å². The summed E-state index contributed by atoms with van der Waals surface area (Å²) in [7, 11) is 0. The Hall–Kier alpha value is -2.41. The van der Waals surface area contributed by atoms with Gasteiger partial charge >= 0.3 is 0 Å².